The van der Waals surface area contributed by atoms with Crippen molar-refractivity contribution < 1.29 is 19.2 Å². The van der Waals surface area contributed by atoms with Crippen LogP contribution in [0.4, 0.5) is 5.69 Å². The van der Waals surface area contributed by atoms with Crippen molar-refractivity contribution in [3.05, 3.63) is 52.1 Å². The number of nitrogens with zero attached hydrogens (tertiary/aromatic N) is 1. The van der Waals surface area contributed by atoms with Crippen LogP contribution >= 0.6 is 0 Å². The summed E-state index contributed by atoms with van der Waals surface area (Å²) in [6.45, 7) is 6.55. The molecule has 6 heteroatoms. The van der Waals surface area contributed by atoms with Gasteiger partial charge in [-0.25, -0.2) is 0 Å². The topological polar surface area (TPSA) is 86.5 Å². The lowest BCUT2D eigenvalue weighted by atomic mass is 9.98. The van der Waals surface area contributed by atoms with Crippen LogP contribution in [-0.4, -0.2) is 16.7 Å². The molecule has 1 aromatic rings. The number of ether oxygens (including phenoxy) is 1. The lowest BCUT2D eigenvalue weighted by Gasteiger charge is -2.18. The lowest BCUT2D eigenvalue weighted by molar-refractivity contribution is -0.384. The van der Waals surface area contributed by atoms with Gasteiger partial charge in [0.05, 0.1) is 4.92 Å². The molecule has 0 aliphatic heterocycles. The van der Waals surface area contributed by atoms with Gasteiger partial charge in [0.15, 0.2) is 11.9 Å². The average Bonchev–Trinajstić information content (AvgIpc) is 2.43. The van der Waals surface area contributed by atoms with Crippen LogP contribution in [0.3, 0.4) is 0 Å². The third-order valence-corrected chi connectivity index (χ3v) is 2.69. The number of esters is 1. The molecule has 0 aliphatic rings. The Bertz CT molecular complexity index is 547. The zero-order valence-electron chi connectivity index (χ0n) is 11.3. The van der Waals surface area contributed by atoms with Crippen LogP contribution in [0.5, 0.6) is 0 Å². The summed E-state index contributed by atoms with van der Waals surface area (Å²) in [7, 11) is 0. The average molecular weight is 277 g/mol. The summed E-state index contributed by atoms with van der Waals surface area (Å²) < 4.78 is 5.09. The van der Waals surface area contributed by atoms with Crippen LogP contribution in [0, 0.1) is 10.1 Å². The van der Waals surface area contributed by atoms with E-state index in [1.54, 1.807) is 6.92 Å². The van der Waals surface area contributed by atoms with E-state index in [4.69, 9.17) is 4.74 Å². The number of carbonyl (C=O) groups is 2. The number of non-ortho nitro benzene ring substituents is 1. The minimum absolute atomic E-state index is 0.0808. The molecule has 0 radical (unpaired) electrons. The molecule has 0 amide bonds. The molecule has 0 aromatic heterocycles. The largest absolute Gasteiger partial charge is 0.453 e. The molecule has 0 bridgehead atoms. The standard InChI is InChI=1S/C14H15NO5/c1-4-13(17)9(2)14(20-10(3)16)11-5-7-12(8-6-11)15(18)19/h5-8,14H,2,4H2,1,3H3. The van der Waals surface area contributed by atoms with Gasteiger partial charge < -0.3 is 4.74 Å². The number of nitro benzene ring substituents is 1. The van der Waals surface area contributed by atoms with E-state index in [2.05, 4.69) is 6.58 Å². The fourth-order valence-corrected chi connectivity index (χ4v) is 1.65. The summed E-state index contributed by atoms with van der Waals surface area (Å²) in [5.41, 5.74) is 0.539. The Kier molecular flexibility index (Phi) is 5.14. The number of nitro groups is 1. The molecular weight excluding hydrogens is 262 g/mol. The lowest BCUT2D eigenvalue weighted by Crippen LogP contribution is -2.16. The Morgan fingerprint density at radius 2 is 1.90 bits per heavy atom. The fraction of sp³-hybridized carbons (Fsp3) is 0.286. The molecule has 0 saturated carbocycles. The number of rotatable bonds is 6. The summed E-state index contributed by atoms with van der Waals surface area (Å²) in [5, 5.41) is 10.6. The van der Waals surface area contributed by atoms with E-state index in [-0.39, 0.29) is 23.5 Å². The maximum absolute atomic E-state index is 11.7. The van der Waals surface area contributed by atoms with Crippen LogP contribution < -0.4 is 0 Å². The molecule has 0 N–H and O–H groups in total. The Morgan fingerprint density at radius 1 is 1.35 bits per heavy atom. The molecule has 0 fully saturated rings. The SMILES string of the molecule is C=C(C(=O)CC)C(OC(C)=O)c1ccc([N+](=O)[O-])cc1. The number of carbonyl (C=O) groups excluding carboxylic acids is 2. The predicted molar refractivity (Wildman–Crippen MR) is 72.0 cm³/mol. The smallest absolute Gasteiger partial charge is 0.303 e. The molecule has 20 heavy (non-hydrogen) atoms. The zero-order chi connectivity index (χ0) is 15.3. The zero-order valence-corrected chi connectivity index (χ0v) is 11.3. The molecule has 1 aromatic carbocycles. The minimum Gasteiger partial charge on any atom is -0.453 e. The predicted octanol–water partition coefficient (Wildman–Crippen LogP) is 2.73. The third kappa shape index (κ3) is 3.74. The summed E-state index contributed by atoms with van der Waals surface area (Å²) in [6.07, 6.45) is -0.676. The van der Waals surface area contributed by atoms with Crippen molar-refractivity contribution in [2.45, 2.75) is 26.4 Å². The Balaban J connectivity index is 3.10. The molecular formula is C14H15NO5. The fourth-order valence-electron chi connectivity index (χ4n) is 1.65. The van der Waals surface area contributed by atoms with Gasteiger partial charge in [0, 0.05) is 31.1 Å². The first-order valence-corrected chi connectivity index (χ1v) is 6.00. The van der Waals surface area contributed by atoms with Gasteiger partial charge in [0.2, 0.25) is 0 Å². The minimum atomic E-state index is -0.916. The van der Waals surface area contributed by atoms with Crippen molar-refractivity contribution in [1.82, 2.24) is 0 Å². The third-order valence-electron chi connectivity index (χ3n) is 2.69. The van der Waals surface area contributed by atoms with Gasteiger partial charge >= 0.3 is 5.97 Å². The summed E-state index contributed by atoms with van der Waals surface area (Å²) in [6, 6.07) is 5.46. The normalized spacial score (nSPS) is 11.5. The Morgan fingerprint density at radius 3 is 2.30 bits per heavy atom. The van der Waals surface area contributed by atoms with E-state index >= 15 is 0 Å². The maximum atomic E-state index is 11.7. The van der Waals surface area contributed by atoms with Crippen molar-refractivity contribution in [1.29, 1.82) is 0 Å². The highest BCUT2D eigenvalue weighted by Gasteiger charge is 2.23. The quantitative estimate of drug-likeness (QED) is 0.345. The van der Waals surface area contributed by atoms with Crippen molar-refractivity contribution in [2.75, 3.05) is 0 Å². The van der Waals surface area contributed by atoms with Crippen LogP contribution in [-0.2, 0) is 14.3 Å². The molecule has 0 aliphatic carbocycles. The van der Waals surface area contributed by atoms with Crippen molar-refractivity contribution in [2.24, 2.45) is 0 Å². The van der Waals surface area contributed by atoms with Crippen LogP contribution in [0.15, 0.2) is 36.4 Å². The second-order valence-corrected chi connectivity index (χ2v) is 4.14. The van der Waals surface area contributed by atoms with Gasteiger partial charge in [0.1, 0.15) is 0 Å². The second kappa shape index (κ2) is 6.60. The van der Waals surface area contributed by atoms with E-state index in [1.807, 2.05) is 0 Å². The number of hydrogen-bond donors (Lipinski definition) is 0. The first-order chi connectivity index (χ1) is 9.36. The number of hydrogen-bond acceptors (Lipinski definition) is 5. The van der Waals surface area contributed by atoms with E-state index in [0.717, 1.165) is 0 Å². The van der Waals surface area contributed by atoms with Gasteiger partial charge in [-0.3, -0.25) is 19.7 Å². The van der Waals surface area contributed by atoms with Gasteiger partial charge in [-0.15, -0.1) is 0 Å². The summed E-state index contributed by atoms with van der Waals surface area (Å²) in [4.78, 5) is 32.9. The Labute approximate surface area is 116 Å². The van der Waals surface area contributed by atoms with Gasteiger partial charge in [-0.1, -0.05) is 13.5 Å². The highest BCUT2D eigenvalue weighted by atomic mass is 16.6. The maximum Gasteiger partial charge on any atom is 0.303 e. The van der Waals surface area contributed by atoms with Crippen LogP contribution in [0.1, 0.15) is 31.9 Å². The molecule has 0 spiro atoms. The molecule has 0 heterocycles. The van der Waals surface area contributed by atoms with Crippen molar-refractivity contribution in [3.8, 4) is 0 Å². The Hall–Kier alpha value is -2.50. The number of Topliss-reactive ketones (excluding diaryl/α,β-unsaturated/α-hetero) is 1. The van der Waals surface area contributed by atoms with E-state index < -0.39 is 17.0 Å². The highest BCUT2D eigenvalue weighted by Crippen LogP contribution is 2.27. The van der Waals surface area contributed by atoms with Crippen molar-refractivity contribution in [3.63, 3.8) is 0 Å². The van der Waals surface area contributed by atoms with Crippen LogP contribution in [0.2, 0.25) is 0 Å². The first kappa shape index (κ1) is 15.6. The van der Waals surface area contributed by atoms with Gasteiger partial charge in [0.25, 0.3) is 5.69 Å². The van der Waals surface area contributed by atoms with Gasteiger partial charge in [-0.2, -0.15) is 0 Å². The monoisotopic (exact) mass is 277 g/mol. The van der Waals surface area contributed by atoms with E-state index in [0.29, 0.717) is 5.56 Å². The second-order valence-electron chi connectivity index (χ2n) is 4.14. The molecule has 0 saturated heterocycles. The summed E-state index contributed by atoms with van der Waals surface area (Å²) >= 11 is 0. The first-order valence-electron chi connectivity index (χ1n) is 6.00. The molecule has 1 rings (SSSR count). The highest BCUT2D eigenvalue weighted by molar-refractivity contribution is 5.96. The number of benzene rings is 1. The van der Waals surface area contributed by atoms with Crippen LogP contribution in [0.25, 0.3) is 0 Å². The molecule has 6 nitrogen and oxygen atoms in total. The van der Waals surface area contributed by atoms with E-state index in [1.165, 1.54) is 31.2 Å². The van der Waals surface area contributed by atoms with Crippen molar-refractivity contribution >= 4 is 17.4 Å². The summed E-state index contributed by atoms with van der Waals surface area (Å²) in [5.74, 6) is -0.784. The van der Waals surface area contributed by atoms with E-state index in [9.17, 15) is 19.7 Å². The molecule has 106 valence electrons. The van der Waals surface area contributed by atoms with Gasteiger partial charge in [-0.05, 0) is 17.7 Å². The molecule has 1 atom stereocenters. The molecule has 1 unspecified atom stereocenters. The number of ketones is 1.